The summed E-state index contributed by atoms with van der Waals surface area (Å²) in [7, 11) is 0. The van der Waals surface area contributed by atoms with Gasteiger partial charge in [-0.05, 0) is 19.3 Å². The van der Waals surface area contributed by atoms with Gasteiger partial charge in [-0.25, -0.2) is 0 Å². The Labute approximate surface area is 67.9 Å². The molecule has 0 radical (unpaired) electrons. The number of ether oxygens (including phenoxy) is 1. The van der Waals surface area contributed by atoms with Gasteiger partial charge in [0, 0.05) is 11.9 Å². The van der Waals surface area contributed by atoms with Crippen LogP contribution in [0, 0.1) is 0 Å². The van der Waals surface area contributed by atoms with Crippen molar-refractivity contribution >= 4 is 12.6 Å². The van der Waals surface area contributed by atoms with E-state index in [0.717, 1.165) is 13.0 Å². The lowest BCUT2D eigenvalue weighted by Crippen LogP contribution is -2.27. The molecule has 2 heteroatoms. The summed E-state index contributed by atoms with van der Waals surface area (Å²) in [6.07, 6.45) is 5.78. The van der Waals surface area contributed by atoms with Crippen LogP contribution in [-0.2, 0) is 4.74 Å². The predicted molar refractivity (Wildman–Crippen MR) is 46.6 cm³/mol. The highest BCUT2D eigenvalue weighted by atomic mass is 32.1. The van der Waals surface area contributed by atoms with Crippen molar-refractivity contribution in [1.29, 1.82) is 0 Å². The first-order chi connectivity index (χ1) is 4.84. The molecule has 0 aromatic rings. The van der Waals surface area contributed by atoms with Gasteiger partial charge in [0.2, 0.25) is 0 Å². The lowest BCUT2D eigenvalue weighted by molar-refractivity contribution is 0.0220. The molecule has 2 atom stereocenters. The fourth-order valence-electron chi connectivity index (χ4n) is 1.19. The molecule has 2 unspecified atom stereocenters. The van der Waals surface area contributed by atoms with Gasteiger partial charge in [0.15, 0.2) is 0 Å². The molecule has 0 aromatic heterocycles. The number of rotatable bonds is 2. The lowest BCUT2D eigenvalue weighted by atomic mass is 10.1. The molecule has 58 valence electrons. The van der Waals surface area contributed by atoms with Crippen molar-refractivity contribution in [3.63, 3.8) is 0 Å². The minimum Gasteiger partial charge on any atom is -0.377 e. The Balaban J connectivity index is 2.30. The van der Waals surface area contributed by atoms with E-state index in [9.17, 15) is 0 Å². The van der Waals surface area contributed by atoms with Gasteiger partial charge in [-0.15, -0.1) is 6.58 Å². The van der Waals surface area contributed by atoms with Gasteiger partial charge in [-0.1, -0.05) is 6.08 Å². The summed E-state index contributed by atoms with van der Waals surface area (Å²) >= 11 is 4.33. The summed E-state index contributed by atoms with van der Waals surface area (Å²) in [5.41, 5.74) is 0. The van der Waals surface area contributed by atoms with Crippen LogP contribution in [0.4, 0.5) is 0 Å². The standard InChI is InChI=1S/C8H14OS/c1-2-8(10)7-5-3-4-6-9-7/h2,7-8,10H,1,3-6H2. The van der Waals surface area contributed by atoms with E-state index < -0.39 is 0 Å². The SMILES string of the molecule is C=CC(S)C1CCCCO1. The number of hydrogen-bond donors (Lipinski definition) is 1. The minimum atomic E-state index is 0.222. The molecule has 0 bridgehead atoms. The van der Waals surface area contributed by atoms with Crippen LogP contribution in [0.2, 0.25) is 0 Å². The van der Waals surface area contributed by atoms with E-state index in [4.69, 9.17) is 4.74 Å². The molecule has 0 spiro atoms. The van der Waals surface area contributed by atoms with E-state index in [2.05, 4.69) is 19.2 Å². The van der Waals surface area contributed by atoms with Gasteiger partial charge in [-0.2, -0.15) is 12.6 Å². The zero-order valence-corrected chi connectivity index (χ0v) is 7.02. The molecule has 0 N–H and O–H groups in total. The third kappa shape index (κ3) is 2.03. The van der Waals surface area contributed by atoms with Gasteiger partial charge < -0.3 is 4.74 Å². The molecule has 1 rings (SSSR count). The second-order valence-corrected chi connectivity index (χ2v) is 3.23. The van der Waals surface area contributed by atoms with Crippen molar-refractivity contribution in [1.82, 2.24) is 0 Å². The second kappa shape index (κ2) is 4.04. The van der Waals surface area contributed by atoms with Crippen LogP contribution in [0.1, 0.15) is 19.3 Å². The highest BCUT2D eigenvalue weighted by Crippen LogP contribution is 2.19. The maximum Gasteiger partial charge on any atom is 0.0725 e. The summed E-state index contributed by atoms with van der Waals surface area (Å²) in [5.74, 6) is 0. The largest absolute Gasteiger partial charge is 0.377 e. The zero-order valence-electron chi connectivity index (χ0n) is 6.12. The van der Waals surface area contributed by atoms with Crippen LogP contribution >= 0.6 is 12.6 Å². The Bertz CT molecular complexity index is 108. The van der Waals surface area contributed by atoms with Crippen LogP contribution in [-0.4, -0.2) is 18.0 Å². The first kappa shape index (κ1) is 8.15. The molecule has 1 fully saturated rings. The van der Waals surface area contributed by atoms with Gasteiger partial charge in [0.05, 0.1) is 6.10 Å². The summed E-state index contributed by atoms with van der Waals surface area (Å²) in [4.78, 5) is 0. The fourth-order valence-corrected chi connectivity index (χ4v) is 1.42. The van der Waals surface area contributed by atoms with Crippen LogP contribution in [0.3, 0.4) is 0 Å². The van der Waals surface area contributed by atoms with Crippen molar-refractivity contribution < 1.29 is 4.74 Å². The minimum absolute atomic E-state index is 0.222. The van der Waals surface area contributed by atoms with Crippen LogP contribution in [0.25, 0.3) is 0 Å². The van der Waals surface area contributed by atoms with E-state index in [-0.39, 0.29) is 5.25 Å². The molecule has 0 aromatic carbocycles. The average Bonchev–Trinajstić information content (AvgIpc) is 2.05. The van der Waals surface area contributed by atoms with Crippen LogP contribution in [0.15, 0.2) is 12.7 Å². The number of thiol groups is 1. The fraction of sp³-hybridized carbons (Fsp3) is 0.750. The van der Waals surface area contributed by atoms with E-state index >= 15 is 0 Å². The van der Waals surface area contributed by atoms with Crippen LogP contribution in [0.5, 0.6) is 0 Å². The monoisotopic (exact) mass is 158 g/mol. The molecule has 1 aliphatic heterocycles. The average molecular weight is 158 g/mol. The van der Waals surface area contributed by atoms with E-state index in [1.165, 1.54) is 12.8 Å². The molecule has 0 saturated carbocycles. The number of hydrogen-bond acceptors (Lipinski definition) is 2. The van der Waals surface area contributed by atoms with Crippen LogP contribution < -0.4 is 0 Å². The third-order valence-corrected chi connectivity index (χ3v) is 2.38. The summed E-state index contributed by atoms with van der Waals surface area (Å²) in [6.45, 7) is 4.58. The van der Waals surface area contributed by atoms with Crippen molar-refractivity contribution in [2.24, 2.45) is 0 Å². The van der Waals surface area contributed by atoms with Gasteiger partial charge in [-0.3, -0.25) is 0 Å². The normalized spacial score (nSPS) is 29.5. The van der Waals surface area contributed by atoms with Gasteiger partial charge in [0.25, 0.3) is 0 Å². The summed E-state index contributed by atoms with van der Waals surface area (Å²) in [6, 6.07) is 0. The van der Waals surface area contributed by atoms with E-state index in [1.807, 2.05) is 6.08 Å². The Morgan fingerprint density at radius 2 is 2.40 bits per heavy atom. The molecule has 1 nitrogen and oxygen atoms in total. The van der Waals surface area contributed by atoms with Gasteiger partial charge >= 0.3 is 0 Å². The highest BCUT2D eigenvalue weighted by molar-refractivity contribution is 7.81. The van der Waals surface area contributed by atoms with Crippen molar-refractivity contribution in [3.8, 4) is 0 Å². The molecule has 1 heterocycles. The highest BCUT2D eigenvalue weighted by Gasteiger charge is 2.18. The first-order valence-electron chi connectivity index (χ1n) is 3.77. The molecular weight excluding hydrogens is 144 g/mol. The quantitative estimate of drug-likeness (QED) is 0.478. The van der Waals surface area contributed by atoms with E-state index in [0.29, 0.717) is 6.10 Å². The zero-order chi connectivity index (χ0) is 7.40. The molecular formula is C8H14OS. The molecule has 0 aliphatic carbocycles. The topological polar surface area (TPSA) is 9.23 Å². The van der Waals surface area contributed by atoms with Crippen molar-refractivity contribution in [2.75, 3.05) is 6.61 Å². The smallest absolute Gasteiger partial charge is 0.0725 e. The maximum atomic E-state index is 5.48. The first-order valence-corrected chi connectivity index (χ1v) is 4.28. The second-order valence-electron chi connectivity index (χ2n) is 2.63. The Kier molecular flexibility index (Phi) is 3.29. The molecule has 0 amide bonds. The summed E-state index contributed by atoms with van der Waals surface area (Å²) < 4.78 is 5.48. The third-order valence-electron chi connectivity index (χ3n) is 1.84. The summed E-state index contributed by atoms with van der Waals surface area (Å²) in [5, 5.41) is 0.222. The Hall–Kier alpha value is 0.0500. The maximum absolute atomic E-state index is 5.48. The van der Waals surface area contributed by atoms with E-state index in [1.54, 1.807) is 0 Å². The Morgan fingerprint density at radius 3 is 2.90 bits per heavy atom. The van der Waals surface area contributed by atoms with Gasteiger partial charge in [0.1, 0.15) is 0 Å². The molecule has 1 saturated heterocycles. The van der Waals surface area contributed by atoms with Crippen molar-refractivity contribution in [3.05, 3.63) is 12.7 Å². The molecule has 10 heavy (non-hydrogen) atoms. The Morgan fingerprint density at radius 1 is 1.60 bits per heavy atom. The predicted octanol–water partition coefficient (Wildman–Crippen LogP) is 2.04. The molecule has 1 aliphatic rings. The van der Waals surface area contributed by atoms with Crippen molar-refractivity contribution in [2.45, 2.75) is 30.6 Å². The lowest BCUT2D eigenvalue weighted by Gasteiger charge is -2.25.